The first kappa shape index (κ1) is 80.1. The number of nitrogens with one attached hydrogen (secondary N) is 4. The summed E-state index contributed by atoms with van der Waals surface area (Å²) in [4.78, 5) is 4.16. The minimum Gasteiger partial charge on any atom is -0.320 e. The van der Waals surface area contributed by atoms with Crippen molar-refractivity contribution in [1.29, 1.82) is 0 Å². The molecule has 2 atom stereocenters. The zero-order valence-corrected chi connectivity index (χ0v) is 29.7. The van der Waals surface area contributed by atoms with Gasteiger partial charge in [0.2, 0.25) is 0 Å². The maximum atomic E-state index is 4.16. The third-order valence-electron chi connectivity index (χ3n) is 5.28. The molecule has 2 aromatic rings. The number of rotatable bonds is 6. The van der Waals surface area contributed by atoms with Crippen molar-refractivity contribution in [3.8, 4) is 0 Å². The van der Waals surface area contributed by atoms with Crippen LogP contribution in [0.2, 0.25) is 0 Å². The Morgan fingerprint density at radius 1 is 0.617 bits per heavy atom. The van der Waals surface area contributed by atoms with Crippen LogP contribution in [0.3, 0.4) is 0 Å². The van der Waals surface area contributed by atoms with Gasteiger partial charge in [0.05, 0.1) is 0 Å². The average molecular weight is 676 g/mol. The Morgan fingerprint density at radius 3 is 1.34 bits per heavy atom. The van der Waals surface area contributed by atoms with Gasteiger partial charge in [0, 0.05) is 31.0 Å². The van der Waals surface area contributed by atoms with Crippen molar-refractivity contribution in [2.45, 2.75) is 173 Å². The van der Waals surface area contributed by atoms with E-state index in [1.807, 2.05) is 114 Å². The van der Waals surface area contributed by atoms with Gasteiger partial charge in [-0.25, -0.2) is 0 Å². The third-order valence-corrected chi connectivity index (χ3v) is 5.28. The highest BCUT2D eigenvalue weighted by Crippen LogP contribution is 2.22. The van der Waals surface area contributed by atoms with E-state index in [9.17, 15) is 0 Å². The molecule has 0 radical (unpaired) electrons. The molecule has 1 heterocycles. The highest BCUT2D eigenvalue weighted by Gasteiger charge is 2.16. The van der Waals surface area contributed by atoms with Gasteiger partial charge in [0.25, 0.3) is 0 Å². The van der Waals surface area contributed by atoms with Crippen LogP contribution in [0.1, 0.15) is 164 Å². The van der Waals surface area contributed by atoms with Gasteiger partial charge >= 0.3 is 0 Å². The van der Waals surface area contributed by atoms with Crippen molar-refractivity contribution < 1.29 is 0 Å². The molecule has 0 bridgehead atoms. The third kappa shape index (κ3) is 63.5. The molecule has 0 saturated heterocycles. The average Bonchev–Trinajstić information content (AvgIpc) is 3.04. The minimum atomic E-state index is 0. The fraction of sp³-hybridized carbons (Fsp3) is 0.738. The Morgan fingerprint density at radius 2 is 1.04 bits per heavy atom. The number of benzene rings is 1. The predicted molar refractivity (Wildman–Crippen MR) is 234 cm³/mol. The van der Waals surface area contributed by atoms with E-state index in [1.165, 1.54) is 36.8 Å². The van der Waals surface area contributed by atoms with E-state index in [0.717, 1.165) is 37.3 Å². The van der Waals surface area contributed by atoms with Gasteiger partial charge in [-0.15, -0.1) is 0 Å². The smallest absolute Gasteiger partial charge is 0.0372 e. The summed E-state index contributed by atoms with van der Waals surface area (Å²) in [6.07, 6.45) is 7.54. The molecule has 1 aromatic carbocycles. The van der Waals surface area contributed by atoms with Gasteiger partial charge in [-0.2, -0.15) is 0 Å². The van der Waals surface area contributed by atoms with Crippen LogP contribution in [0.25, 0.3) is 0 Å². The molecule has 1 aliphatic rings. The Kier molecular flexibility index (Phi) is 128. The Hall–Kier alpha value is -1.79. The Bertz CT molecular complexity index is 631. The van der Waals surface area contributed by atoms with Crippen LogP contribution in [0.5, 0.6) is 0 Å². The molecule has 5 heteroatoms. The number of aromatic nitrogens is 1. The Labute approximate surface area is 304 Å². The lowest BCUT2D eigenvalue weighted by Gasteiger charge is -2.25. The van der Waals surface area contributed by atoms with Gasteiger partial charge in [-0.1, -0.05) is 170 Å². The fourth-order valence-corrected chi connectivity index (χ4v) is 3.30. The highest BCUT2D eigenvalue weighted by atomic mass is 14.9. The molecular weight excluding hydrogens is 574 g/mol. The molecule has 1 aliphatic carbocycles. The van der Waals surface area contributed by atoms with E-state index in [2.05, 4.69) is 65.3 Å². The van der Waals surface area contributed by atoms with E-state index in [0.29, 0.717) is 0 Å². The fourth-order valence-electron chi connectivity index (χ4n) is 3.30. The van der Waals surface area contributed by atoms with E-state index < -0.39 is 0 Å². The van der Waals surface area contributed by atoms with E-state index in [1.54, 1.807) is 0 Å². The van der Waals surface area contributed by atoms with Crippen LogP contribution in [-0.2, 0) is 13.1 Å². The van der Waals surface area contributed by atoms with Crippen molar-refractivity contribution in [1.82, 2.24) is 26.3 Å². The minimum absolute atomic E-state index is 0. The predicted octanol–water partition coefficient (Wildman–Crippen LogP) is 13.1. The zero-order chi connectivity index (χ0) is 32.0. The number of pyridine rings is 1. The van der Waals surface area contributed by atoms with E-state index in [4.69, 9.17) is 0 Å². The molecular formula is C42H101N5. The maximum Gasteiger partial charge on any atom is 0.0372 e. The van der Waals surface area contributed by atoms with E-state index in [-0.39, 0.29) is 52.0 Å². The largest absolute Gasteiger partial charge is 0.320 e. The van der Waals surface area contributed by atoms with Gasteiger partial charge in [0.15, 0.2) is 0 Å². The van der Waals surface area contributed by atoms with Crippen LogP contribution in [0.15, 0.2) is 48.7 Å². The monoisotopic (exact) mass is 676 g/mol. The second kappa shape index (κ2) is 74.8. The normalized spacial score (nSPS) is 12.1. The Balaban J connectivity index is -0.0000000316. The van der Waals surface area contributed by atoms with Gasteiger partial charge in [-0.05, 0) is 77.6 Å². The van der Waals surface area contributed by atoms with Crippen LogP contribution in [0.4, 0.5) is 0 Å². The lowest BCUT2D eigenvalue weighted by Crippen LogP contribution is -2.30. The van der Waals surface area contributed by atoms with Crippen LogP contribution < -0.4 is 21.3 Å². The quantitative estimate of drug-likeness (QED) is 0.245. The first-order valence-electron chi connectivity index (χ1n) is 16.1. The summed E-state index contributed by atoms with van der Waals surface area (Å²) >= 11 is 0. The molecule has 47 heavy (non-hydrogen) atoms. The number of aryl methyl sites for hydroxylation is 1. The van der Waals surface area contributed by atoms with Crippen molar-refractivity contribution in [3.63, 3.8) is 0 Å². The lowest BCUT2D eigenvalue weighted by atomic mass is 9.87. The van der Waals surface area contributed by atoms with Crippen LogP contribution >= 0.6 is 0 Å². The summed E-state index contributed by atoms with van der Waals surface area (Å²) in [6, 6.07) is 15.3. The first-order valence-corrected chi connectivity index (χ1v) is 16.1. The number of hydrogen-bond acceptors (Lipinski definition) is 5. The standard InChI is InChI=1S/C8H12N2.C8H17N.C8H11N.C3H9N.4C2H6.7CH4/c1-7-3-4-8(5-9-2)6-10-7;1-7-4-3-5-8(6-7)9-2;1-9-7-8-5-3-2-4-6-8;1-3-4-2;4*1-2;;;;;;;/h3-4,6,9H,5H2,1-2H3;7-9H,3-6H2,1-2H3;2-6,9H,7H2,1H3;4H,3H2,1-2H3;4*1-2H3;7*1H4. The maximum absolute atomic E-state index is 4.16. The summed E-state index contributed by atoms with van der Waals surface area (Å²) in [6.45, 7) is 25.3. The molecule has 4 N–H and O–H groups in total. The summed E-state index contributed by atoms with van der Waals surface area (Å²) in [5.41, 5.74) is 3.63. The summed E-state index contributed by atoms with van der Waals surface area (Å²) in [5.74, 6) is 0.955. The molecule has 5 nitrogen and oxygen atoms in total. The van der Waals surface area contributed by atoms with Gasteiger partial charge < -0.3 is 21.3 Å². The van der Waals surface area contributed by atoms with E-state index >= 15 is 0 Å². The van der Waals surface area contributed by atoms with Crippen molar-refractivity contribution in [3.05, 3.63) is 65.5 Å². The molecule has 1 fully saturated rings. The molecule has 294 valence electrons. The number of hydrogen-bond donors (Lipinski definition) is 4. The van der Waals surface area contributed by atoms with Crippen molar-refractivity contribution in [2.75, 3.05) is 34.7 Å². The molecule has 3 rings (SSSR count). The molecule has 1 saturated carbocycles. The SMILES string of the molecule is C.C.C.C.C.C.C.CC.CC.CC.CC.CCNC.CNC1CCCC(C)C1.CNCc1ccc(C)nc1.CNCc1ccccc1. The second-order valence-electron chi connectivity index (χ2n) is 8.32. The zero-order valence-electron chi connectivity index (χ0n) is 29.7. The number of nitrogens with zero attached hydrogens (tertiary/aromatic N) is 1. The van der Waals surface area contributed by atoms with Gasteiger partial charge in [0.1, 0.15) is 0 Å². The highest BCUT2D eigenvalue weighted by molar-refractivity contribution is 5.14. The molecule has 1 aromatic heterocycles. The second-order valence-corrected chi connectivity index (χ2v) is 8.32. The van der Waals surface area contributed by atoms with Crippen molar-refractivity contribution in [2.24, 2.45) is 5.92 Å². The summed E-state index contributed by atoms with van der Waals surface area (Å²) in [7, 11) is 7.88. The molecule has 0 amide bonds. The molecule has 2 unspecified atom stereocenters. The van der Waals surface area contributed by atoms with Gasteiger partial charge in [-0.3, -0.25) is 4.98 Å². The first-order chi connectivity index (χ1) is 19.5. The van der Waals surface area contributed by atoms with Crippen LogP contribution in [-0.4, -0.2) is 45.8 Å². The summed E-state index contributed by atoms with van der Waals surface area (Å²) in [5, 5.41) is 12.4. The lowest BCUT2D eigenvalue weighted by molar-refractivity contribution is 0.314. The molecule has 0 aliphatic heterocycles. The summed E-state index contributed by atoms with van der Waals surface area (Å²) < 4.78 is 0. The van der Waals surface area contributed by atoms with Crippen LogP contribution in [0, 0.1) is 12.8 Å². The molecule has 0 spiro atoms. The topological polar surface area (TPSA) is 61.0 Å². The van der Waals surface area contributed by atoms with Crippen molar-refractivity contribution >= 4 is 0 Å².